The molecule has 2 saturated carbocycles. The van der Waals surface area contributed by atoms with Crippen LogP contribution in [-0.2, 0) is 15.1 Å². The molecular weight excluding hydrogens is 356 g/mol. The van der Waals surface area contributed by atoms with E-state index in [9.17, 15) is 14.4 Å². The monoisotopic (exact) mass is 378 g/mol. The second kappa shape index (κ2) is 6.55. The van der Waals surface area contributed by atoms with Crippen LogP contribution in [0.15, 0.2) is 24.3 Å². The van der Waals surface area contributed by atoms with E-state index >= 15 is 0 Å². The number of fused-ring (bicyclic) bond motifs is 2. The average molecular weight is 379 g/mol. The highest BCUT2D eigenvalue weighted by Crippen LogP contribution is 2.48. The van der Waals surface area contributed by atoms with Crippen molar-refractivity contribution in [1.82, 2.24) is 10.6 Å². The Morgan fingerprint density at radius 3 is 2.62 bits per heavy atom. The van der Waals surface area contributed by atoms with E-state index in [1.807, 2.05) is 0 Å². The minimum absolute atomic E-state index is 0. The molecule has 1 saturated heterocycles. The van der Waals surface area contributed by atoms with Crippen molar-refractivity contribution in [3.8, 4) is 0 Å². The Hall–Kier alpha value is -2.12. The third kappa shape index (κ3) is 2.85. The molecular formula is C18H23ClN4O3. The molecule has 5 atom stereocenters. The molecule has 4 rings (SSSR count). The minimum atomic E-state index is -1.14. The highest BCUT2D eigenvalue weighted by atomic mass is 35.5. The van der Waals surface area contributed by atoms with Crippen LogP contribution in [0.5, 0.6) is 0 Å². The Kier molecular flexibility index (Phi) is 4.71. The van der Waals surface area contributed by atoms with Gasteiger partial charge >= 0.3 is 6.03 Å². The Balaban J connectivity index is 0.00000196. The summed E-state index contributed by atoms with van der Waals surface area (Å²) in [4.78, 5) is 36.2. The summed E-state index contributed by atoms with van der Waals surface area (Å²) < 4.78 is 0. The van der Waals surface area contributed by atoms with E-state index in [4.69, 9.17) is 5.73 Å². The van der Waals surface area contributed by atoms with Crippen LogP contribution in [0.3, 0.4) is 0 Å². The summed E-state index contributed by atoms with van der Waals surface area (Å²) in [7, 11) is 0. The van der Waals surface area contributed by atoms with Gasteiger partial charge in [-0.15, -0.1) is 12.4 Å². The highest BCUT2D eigenvalue weighted by Gasteiger charge is 2.49. The van der Waals surface area contributed by atoms with Gasteiger partial charge in [0.15, 0.2) is 0 Å². The zero-order valence-electron chi connectivity index (χ0n) is 14.5. The zero-order chi connectivity index (χ0) is 17.8. The van der Waals surface area contributed by atoms with Crippen molar-refractivity contribution in [3.63, 3.8) is 0 Å². The van der Waals surface area contributed by atoms with Gasteiger partial charge in [-0.05, 0) is 55.7 Å². The number of imide groups is 1. The average Bonchev–Trinajstić information content (AvgIpc) is 3.22. The van der Waals surface area contributed by atoms with E-state index in [2.05, 4.69) is 16.0 Å². The van der Waals surface area contributed by atoms with Crippen molar-refractivity contribution in [2.75, 3.05) is 5.32 Å². The smallest absolute Gasteiger partial charge is 0.322 e. The van der Waals surface area contributed by atoms with E-state index in [0.29, 0.717) is 23.1 Å². The van der Waals surface area contributed by atoms with Crippen molar-refractivity contribution >= 4 is 35.9 Å². The number of carbonyl (C=O) groups excluding carboxylic acids is 3. The van der Waals surface area contributed by atoms with Crippen molar-refractivity contribution in [2.45, 2.75) is 37.8 Å². The van der Waals surface area contributed by atoms with Crippen molar-refractivity contribution < 1.29 is 14.4 Å². The molecule has 0 radical (unpaired) electrons. The number of anilines is 1. The first-order chi connectivity index (χ1) is 11.9. The Morgan fingerprint density at radius 1 is 1.27 bits per heavy atom. The maximum absolute atomic E-state index is 12.7. The van der Waals surface area contributed by atoms with Crippen LogP contribution in [0.4, 0.5) is 10.5 Å². The maximum Gasteiger partial charge on any atom is 0.322 e. The van der Waals surface area contributed by atoms with Crippen LogP contribution in [0.2, 0.25) is 0 Å². The Labute approximate surface area is 157 Å². The predicted molar refractivity (Wildman–Crippen MR) is 98.6 cm³/mol. The molecule has 3 aliphatic rings. The lowest BCUT2D eigenvalue weighted by Gasteiger charge is -2.27. The molecule has 1 aromatic carbocycles. The fourth-order valence-corrected chi connectivity index (χ4v) is 4.60. The minimum Gasteiger partial charge on any atom is -0.327 e. The summed E-state index contributed by atoms with van der Waals surface area (Å²) in [5.41, 5.74) is 6.32. The number of rotatable bonds is 3. The van der Waals surface area contributed by atoms with Gasteiger partial charge in [-0.3, -0.25) is 14.9 Å². The Bertz CT molecular complexity index is 769. The first-order valence-corrected chi connectivity index (χ1v) is 8.69. The van der Waals surface area contributed by atoms with Gasteiger partial charge < -0.3 is 16.4 Å². The molecule has 8 heteroatoms. The first-order valence-electron chi connectivity index (χ1n) is 8.69. The van der Waals surface area contributed by atoms with Gasteiger partial charge in [-0.1, -0.05) is 12.1 Å². The van der Waals surface area contributed by atoms with E-state index in [1.165, 1.54) is 0 Å². The number of carbonyl (C=O) groups is 3. The molecule has 140 valence electrons. The molecule has 3 fully saturated rings. The van der Waals surface area contributed by atoms with Crippen molar-refractivity contribution in [2.24, 2.45) is 23.5 Å². The number of benzene rings is 1. The normalized spacial score (nSPS) is 34.8. The molecule has 7 nitrogen and oxygen atoms in total. The summed E-state index contributed by atoms with van der Waals surface area (Å²) in [5, 5.41) is 7.81. The number of halogens is 1. The van der Waals surface area contributed by atoms with Gasteiger partial charge in [0.25, 0.3) is 5.91 Å². The standard InChI is InChI=1S/C18H22N4O3.ClH/c1-18(16(24)21-17(25)22-18)11-3-2-4-12(8-11)20-15(23)13-9-5-6-10(7-9)14(13)19;/h2-4,8-10,13-14H,5-7,19H2,1H3,(H,20,23)(H2,21,22,24,25);1H. The molecule has 4 amide bonds. The van der Waals surface area contributed by atoms with Gasteiger partial charge in [0.2, 0.25) is 5.91 Å². The lowest BCUT2D eigenvalue weighted by molar-refractivity contribution is -0.123. The third-order valence-electron chi connectivity index (χ3n) is 6.04. The summed E-state index contributed by atoms with van der Waals surface area (Å²) in [6, 6.07) is 6.42. The lowest BCUT2D eigenvalue weighted by Crippen LogP contribution is -2.43. The molecule has 5 N–H and O–H groups in total. The van der Waals surface area contributed by atoms with Gasteiger partial charge in [0, 0.05) is 11.7 Å². The van der Waals surface area contributed by atoms with E-state index in [1.54, 1.807) is 31.2 Å². The van der Waals surface area contributed by atoms with Crippen LogP contribution >= 0.6 is 12.4 Å². The van der Waals surface area contributed by atoms with Crippen LogP contribution in [0.1, 0.15) is 31.7 Å². The van der Waals surface area contributed by atoms with E-state index in [0.717, 1.165) is 19.3 Å². The summed E-state index contributed by atoms with van der Waals surface area (Å²) in [6.07, 6.45) is 3.24. The number of hydrogen-bond donors (Lipinski definition) is 4. The second-order valence-electron chi connectivity index (χ2n) is 7.54. The summed E-state index contributed by atoms with van der Waals surface area (Å²) >= 11 is 0. The number of amides is 4. The molecule has 1 aliphatic heterocycles. The number of urea groups is 1. The first kappa shape index (κ1) is 18.7. The zero-order valence-corrected chi connectivity index (χ0v) is 15.3. The number of hydrogen-bond acceptors (Lipinski definition) is 4. The summed E-state index contributed by atoms with van der Waals surface area (Å²) in [5.74, 6) is 0.231. The van der Waals surface area contributed by atoms with Crippen molar-refractivity contribution in [3.05, 3.63) is 29.8 Å². The van der Waals surface area contributed by atoms with Crippen LogP contribution in [0, 0.1) is 17.8 Å². The van der Waals surface area contributed by atoms with Gasteiger partial charge in [-0.2, -0.15) is 0 Å². The SMILES string of the molecule is CC1(c2cccc(NC(=O)C3C4CCC(C4)C3N)c2)NC(=O)NC1=O.Cl. The fraction of sp³-hybridized carbons (Fsp3) is 0.500. The second-order valence-corrected chi connectivity index (χ2v) is 7.54. The third-order valence-corrected chi connectivity index (χ3v) is 6.04. The van der Waals surface area contributed by atoms with Crippen LogP contribution in [-0.4, -0.2) is 23.9 Å². The molecule has 0 spiro atoms. The topological polar surface area (TPSA) is 113 Å². The molecule has 26 heavy (non-hydrogen) atoms. The fourth-order valence-electron chi connectivity index (χ4n) is 4.60. The quantitative estimate of drug-likeness (QED) is 0.596. The number of nitrogens with two attached hydrogens (primary N) is 1. The van der Waals surface area contributed by atoms with Crippen LogP contribution < -0.4 is 21.7 Å². The highest BCUT2D eigenvalue weighted by molar-refractivity contribution is 6.07. The van der Waals surface area contributed by atoms with E-state index in [-0.39, 0.29) is 30.3 Å². The number of nitrogens with one attached hydrogen (secondary N) is 3. The summed E-state index contributed by atoms with van der Waals surface area (Å²) in [6.45, 7) is 1.64. The maximum atomic E-state index is 12.7. The Morgan fingerprint density at radius 2 is 2.00 bits per heavy atom. The largest absolute Gasteiger partial charge is 0.327 e. The van der Waals surface area contributed by atoms with Gasteiger partial charge in [0.05, 0.1) is 5.92 Å². The molecule has 1 heterocycles. The van der Waals surface area contributed by atoms with Crippen LogP contribution in [0.25, 0.3) is 0 Å². The molecule has 5 unspecified atom stereocenters. The van der Waals surface area contributed by atoms with E-state index < -0.39 is 17.5 Å². The molecule has 2 aliphatic carbocycles. The van der Waals surface area contributed by atoms with Gasteiger partial charge in [0.1, 0.15) is 5.54 Å². The predicted octanol–water partition coefficient (Wildman–Crippen LogP) is 1.47. The lowest BCUT2D eigenvalue weighted by atomic mass is 9.84. The van der Waals surface area contributed by atoms with Gasteiger partial charge in [-0.25, -0.2) is 4.79 Å². The molecule has 2 bridgehead atoms. The molecule has 1 aromatic rings. The molecule has 0 aromatic heterocycles. The van der Waals surface area contributed by atoms with Crippen molar-refractivity contribution in [1.29, 1.82) is 0 Å².